The van der Waals surface area contributed by atoms with Crippen LogP contribution in [-0.2, 0) is 11.8 Å². The van der Waals surface area contributed by atoms with Crippen molar-refractivity contribution >= 4 is 17.3 Å². The van der Waals surface area contributed by atoms with E-state index >= 15 is 0 Å². The first-order chi connectivity index (χ1) is 19.1. The number of carboxylic acid groups (broad SMARTS) is 1. The van der Waals surface area contributed by atoms with Crippen molar-refractivity contribution in [2.75, 3.05) is 18.0 Å². The zero-order chi connectivity index (χ0) is 30.2. The number of aliphatic hydroxyl groups is 1. The summed E-state index contributed by atoms with van der Waals surface area (Å²) in [5, 5.41) is 35.1. The van der Waals surface area contributed by atoms with Gasteiger partial charge in [0, 0.05) is 73.8 Å². The summed E-state index contributed by atoms with van der Waals surface area (Å²) in [6.45, 7) is 0.0919. The Morgan fingerprint density at radius 3 is 2.15 bits per heavy atom. The zero-order valence-electron chi connectivity index (χ0n) is 21.1. The molecule has 5 rings (SSSR count). The molecule has 0 saturated carbocycles. The largest absolute Gasteiger partial charge is 0.490 e. The number of aromatic nitrogens is 5. The van der Waals surface area contributed by atoms with Gasteiger partial charge in [0.05, 0.1) is 23.5 Å². The van der Waals surface area contributed by atoms with Gasteiger partial charge in [-0.25, -0.2) is 14.3 Å². The zero-order valence-corrected chi connectivity index (χ0v) is 21.1. The Balaban J connectivity index is 0.000000493. The van der Waals surface area contributed by atoms with Gasteiger partial charge in [-0.1, -0.05) is 0 Å². The molecule has 0 atom stereocenters. The first-order valence-corrected chi connectivity index (χ1v) is 11.8. The minimum Gasteiger partial charge on any atom is -0.475 e. The van der Waals surface area contributed by atoms with Crippen LogP contribution in [0.5, 0.6) is 0 Å². The molecule has 0 amide bonds. The fraction of sp³-hybridized carbons (Fsp3) is 0.320. The van der Waals surface area contributed by atoms with E-state index in [1.54, 1.807) is 32.6 Å². The van der Waals surface area contributed by atoms with E-state index in [1.807, 2.05) is 31.6 Å². The molecule has 1 fully saturated rings. The molecule has 0 bridgehead atoms. The third-order valence-electron chi connectivity index (χ3n) is 6.51. The van der Waals surface area contributed by atoms with Crippen molar-refractivity contribution in [3.8, 4) is 28.3 Å². The van der Waals surface area contributed by atoms with Gasteiger partial charge in [-0.15, -0.1) is 0 Å². The average molecular weight is 581 g/mol. The van der Waals surface area contributed by atoms with Gasteiger partial charge < -0.3 is 15.1 Å². The molecule has 41 heavy (non-hydrogen) atoms. The van der Waals surface area contributed by atoms with Crippen LogP contribution in [0.4, 0.5) is 32.2 Å². The average Bonchev–Trinajstić information content (AvgIpc) is 3.54. The van der Waals surface area contributed by atoms with Crippen LogP contribution >= 0.6 is 0 Å². The number of pyridine rings is 2. The van der Waals surface area contributed by atoms with E-state index in [2.05, 4.69) is 21.3 Å². The Hall–Kier alpha value is -4.65. The summed E-state index contributed by atoms with van der Waals surface area (Å²) in [6, 6.07) is 7.66. The van der Waals surface area contributed by atoms with Gasteiger partial charge in [-0.3, -0.25) is 4.68 Å². The maximum Gasteiger partial charge on any atom is 0.490 e. The molecule has 10 nitrogen and oxygen atoms in total. The van der Waals surface area contributed by atoms with Crippen LogP contribution in [-0.4, -0.2) is 71.6 Å². The number of nitriles is 1. The van der Waals surface area contributed by atoms with Crippen molar-refractivity contribution < 1.29 is 41.4 Å². The van der Waals surface area contributed by atoms with Crippen LogP contribution in [0.3, 0.4) is 0 Å². The third-order valence-corrected chi connectivity index (χ3v) is 6.51. The quantitative estimate of drug-likeness (QED) is 0.344. The molecule has 1 aliphatic heterocycles. The summed E-state index contributed by atoms with van der Waals surface area (Å²) in [5.74, 6) is -2.23. The fourth-order valence-corrected chi connectivity index (χ4v) is 4.27. The fourth-order valence-electron chi connectivity index (χ4n) is 4.27. The summed E-state index contributed by atoms with van der Waals surface area (Å²) >= 11 is 0. The SMILES string of the molecule is Cn1cc(-c2cc(-c3ccc(N4CCC(O)(C(F)(F)F)CC4)nc3)c3c(C#N)cnn3c2)cn1.O=C(O)C(F)(F)F. The van der Waals surface area contributed by atoms with E-state index in [4.69, 9.17) is 9.90 Å². The Bertz CT molecular complexity index is 1600. The van der Waals surface area contributed by atoms with E-state index in [-0.39, 0.29) is 13.1 Å². The monoisotopic (exact) mass is 581 g/mol. The molecule has 0 aliphatic carbocycles. The van der Waals surface area contributed by atoms with Crippen molar-refractivity contribution in [1.29, 1.82) is 5.26 Å². The summed E-state index contributed by atoms with van der Waals surface area (Å²) in [6.07, 6.45) is -1.97. The molecule has 1 aliphatic rings. The predicted molar refractivity (Wildman–Crippen MR) is 131 cm³/mol. The van der Waals surface area contributed by atoms with Gasteiger partial charge in [0.25, 0.3) is 0 Å². The molecular formula is C25H21F6N7O3. The number of alkyl halides is 6. The number of hydrogen-bond donors (Lipinski definition) is 2. The van der Waals surface area contributed by atoms with Crippen LogP contribution in [0, 0.1) is 11.3 Å². The van der Waals surface area contributed by atoms with Crippen molar-refractivity contribution in [3.05, 3.63) is 54.7 Å². The smallest absolute Gasteiger partial charge is 0.475 e. The minimum atomic E-state index is -5.08. The lowest BCUT2D eigenvalue weighted by Crippen LogP contribution is -2.53. The predicted octanol–water partition coefficient (Wildman–Crippen LogP) is 4.20. The maximum atomic E-state index is 13.1. The molecule has 1 saturated heterocycles. The normalized spacial score (nSPS) is 15.2. The van der Waals surface area contributed by atoms with E-state index in [1.165, 1.54) is 6.20 Å². The molecular weight excluding hydrogens is 560 g/mol. The van der Waals surface area contributed by atoms with Gasteiger partial charge in [0.15, 0.2) is 5.60 Å². The molecule has 0 radical (unpaired) electrons. The number of rotatable bonds is 3. The van der Waals surface area contributed by atoms with Gasteiger partial charge in [-0.05, 0) is 18.2 Å². The Kier molecular flexibility index (Phi) is 7.68. The molecule has 216 valence electrons. The van der Waals surface area contributed by atoms with Crippen LogP contribution in [0.15, 0.2) is 49.2 Å². The molecule has 2 N–H and O–H groups in total. The second kappa shape index (κ2) is 10.7. The number of aliphatic carboxylic acids is 1. The molecule has 0 unspecified atom stereocenters. The van der Waals surface area contributed by atoms with E-state index in [9.17, 15) is 36.7 Å². The molecule has 0 spiro atoms. The molecule has 16 heteroatoms. The highest BCUT2D eigenvalue weighted by atomic mass is 19.4. The highest BCUT2D eigenvalue weighted by Crippen LogP contribution is 2.39. The Morgan fingerprint density at radius 1 is 1.00 bits per heavy atom. The van der Waals surface area contributed by atoms with Crippen molar-refractivity contribution in [2.24, 2.45) is 7.05 Å². The van der Waals surface area contributed by atoms with Gasteiger partial charge in [0.1, 0.15) is 11.9 Å². The number of aryl methyl sites for hydroxylation is 1. The number of carboxylic acids is 1. The van der Waals surface area contributed by atoms with E-state index < -0.39 is 36.8 Å². The lowest BCUT2D eigenvalue weighted by atomic mass is 9.91. The lowest BCUT2D eigenvalue weighted by molar-refractivity contribution is -0.266. The minimum absolute atomic E-state index is 0.0459. The second-order valence-electron chi connectivity index (χ2n) is 9.23. The van der Waals surface area contributed by atoms with Crippen molar-refractivity contribution in [3.63, 3.8) is 0 Å². The standard InChI is InChI=1S/C23H20F3N7O.C2HF3O2/c1-31-13-18(12-29-31)16-8-19(21-17(9-27)11-30-33(21)14-16)15-2-3-20(28-10-15)32-6-4-22(34,5-7-32)23(24,25)26;3-2(4,5)1(6)7/h2-3,8,10-14,34H,4-7H2,1H3;(H,6,7). The highest BCUT2D eigenvalue weighted by molar-refractivity contribution is 5.87. The maximum absolute atomic E-state index is 13.1. The van der Waals surface area contributed by atoms with Crippen molar-refractivity contribution in [1.82, 2.24) is 24.4 Å². The number of halogens is 6. The lowest BCUT2D eigenvalue weighted by Gasteiger charge is -2.39. The molecule has 5 heterocycles. The summed E-state index contributed by atoms with van der Waals surface area (Å²) < 4.78 is 74.4. The van der Waals surface area contributed by atoms with Gasteiger partial charge in [0.2, 0.25) is 0 Å². The summed E-state index contributed by atoms with van der Waals surface area (Å²) in [5.41, 5.74) is 1.62. The van der Waals surface area contributed by atoms with Crippen LogP contribution in [0.1, 0.15) is 18.4 Å². The highest BCUT2D eigenvalue weighted by Gasteiger charge is 2.54. The summed E-state index contributed by atoms with van der Waals surface area (Å²) in [4.78, 5) is 15.1. The second-order valence-corrected chi connectivity index (χ2v) is 9.23. The van der Waals surface area contributed by atoms with Crippen molar-refractivity contribution in [2.45, 2.75) is 30.8 Å². The van der Waals surface area contributed by atoms with Crippen LogP contribution in [0.2, 0.25) is 0 Å². The number of hydrogen-bond acceptors (Lipinski definition) is 7. The van der Waals surface area contributed by atoms with Gasteiger partial charge >= 0.3 is 18.3 Å². The topological polar surface area (TPSA) is 133 Å². The van der Waals surface area contributed by atoms with E-state index in [0.29, 0.717) is 16.9 Å². The summed E-state index contributed by atoms with van der Waals surface area (Å²) in [7, 11) is 1.82. The Labute approximate surface area is 227 Å². The number of carbonyl (C=O) groups is 1. The van der Waals surface area contributed by atoms with Crippen LogP contribution in [0.25, 0.3) is 27.8 Å². The number of piperidine rings is 1. The number of anilines is 1. The van der Waals surface area contributed by atoms with Crippen LogP contribution < -0.4 is 4.90 Å². The first kappa shape index (κ1) is 29.3. The number of nitrogens with zero attached hydrogens (tertiary/aromatic N) is 7. The first-order valence-electron chi connectivity index (χ1n) is 11.8. The number of fused-ring (bicyclic) bond motifs is 1. The third kappa shape index (κ3) is 6.09. The molecule has 4 aromatic rings. The van der Waals surface area contributed by atoms with Gasteiger partial charge in [-0.2, -0.15) is 41.8 Å². The molecule has 4 aromatic heterocycles. The Morgan fingerprint density at radius 2 is 1.66 bits per heavy atom. The van der Waals surface area contributed by atoms with E-state index in [0.717, 1.165) is 22.3 Å². The molecule has 0 aromatic carbocycles.